The highest BCUT2D eigenvalue weighted by Gasteiger charge is 2.17. The summed E-state index contributed by atoms with van der Waals surface area (Å²) in [5, 5.41) is 20.5. The molecule has 1 atom stereocenters. The van der Waals surface area contributed by atoms with Gasteiger partial charge in [-0.1, -0.05) is 12.1 Å². The van der Waals surface area contributed by atoms with Gasteiger partial charge in [0.25, 0.3) is 5.91 Å². The number of nitrogens with zero attached hydrogens (tertiary/aromatic N) is 2. The topological polar surface area (TPSA) is 85.9 Å². The highest BCUT2D eigenvalue weighted by Crippen LogP contribution is 2.12. The number of nitriles is 2. The van der Waals surface area contributed by atoms with Crippen molar-refractivity contribution in [1.29, 1.82) is 10.5 Å². The quantitative estimate of drug-likeness (QED) is 0.673. The van der Waals surface area contributed by atoms with E-state index in [0.717, 1.165) is 19.4 Å². The largest absolute Gasteiger partial charge is 0.376 e. The summed E-state index contributed by atoms with van der Waals surface area (Å²) < 4.78 is 5.41. The minimum absolute atomic E-state index is 0.0395. The average Bonchev–Trinajstić information content (AvgIpc) is 3.04. The lowest BCUT2D eigenvalue weighted by atomic mass is 10.1. The molecule has 5 heteroatoms. The molecule has 1 aromatic carbocycles. The Bertz CT molecular complexity index is 614. The number of ether oxygens (including phenoxy) is 1. The Labute approximate surface area is 123 Å². The van der Waals surface area contributed by atoms with Crippen molar-refractivity contribution in [2.24, 2.45) is 0 Å². The maximum absolute atomic E-state index is 11.9. The molecule has 21 heavy (non-hydrogen) atoms. The van der Waals surface area contributed by atoms with E-state index in [0.29, 0.717) is 17.7 Å². The van der Waals surface area contributed by atoms with Crippen molar-refractivity contribution in [3.63, 3.8) is 0 Å². The molecular formula is C16H15N3O2. The minimum atomic E-state index is -0.405. The fourth-order valence-electron chi connectivity index (χ4n) is 2.08. The molecule has 0 spiro atoms. The van der Waals surface area contributed by atoms with Gasteiger partial charge in [0.1, 0.15) is 11.6 Å². The first-order chi connectivity index (χ1) is 10.2. The Kier molecular flexibility index (Phi) is 5.09. The fourth-order valence-corrected chi connectivity index (χ4v) is 2.08. The van der Waals surface area contributed by atoms with E-state index in [2.05, 4.69) is 5.32 Å². The van der Waals surface area contributed by atoms with Gasteiger partial charge in [-0.25, -0.2) is 0 Å². The molecule has 2 rings (SSSR count). The maximum Gasteiger partial charge on any atom is 0.262 e. The smallest absolute Gasteiger partial charge is 0.262 e. The third kappa shape index (κ3) is 4.17. The first kappa shape index (κ1) is 14.8. The fraction of sp³-hybridized carbons (Fsp3) is 0.312. The lowest BCUT2D eigenvalue weighted by Crippen LogP contribution is -2.32. The summed E-state index contributed by atoms with van der Waals surface area (Å²) in [4.78, 5) is 11.9. The highest BCUT2D eigenvalue weighted by molar-refractivity contribution is 6.01. The van der Waals surface area contributed by atoms with Crippen LogP contribution in [0, 0.1) is 22.7 Å². The van der Waals surface area contributed by atoms with E-state index in [1.54, 1.807) is 24.3 Å². The summed E-state index contributed by atoms with van der Waals surface area (Å²) in [7, 11) is 0. The van der Waals surface area contributed by atoms with Crippen molar-refractivity contribution in [2.75, 3.05) is 13.2 Å². The Morgan fingerprint density at radius 1 is 1.38 bits per heavy atom. The summed E-state index contributed by atoms with van der Waals surface area (Å²) in [6.07, 6.45) is 3.49. The molecule has 1 unspecified atom stereocenters. The van der Waals surface area contributed by atoms with E-state index in [-0.39, 0.29) is 11.7 Å². The highest BCUT2D eigenvalue weighted by atomic mass is 16.5. The van der Waals surface area contributed by atoms with E-state index >= 15 is 0 Å². The van der Waals surface area contributed by atoms with Crippen molar-refractivity contribution < 1.29 is 9.53 Å². The molecule has 0 aromatic heterocycles. The maximum atomic E-state index is 11.9. The number of rotatable bonds is 4. The second-order valence-corrected chi connectivity index (χ2v) is 4.75. The molecule has 1 amide bonds. The molecule has 106 valence electrons. The molecule has 0 bridgehead atoms. The molecule has 5 nitrogen and oxygen atoms in total. The number of carbonyl (C=O) groups is 1. The molecule has 1 saturated heterocycles. The third-order valence-electron chi connectivity index (χ3n) is 3.23. The average molecular weight is 281 g/mol. The predicted octanol–water partition coefficient (Wildman–Crippen LogP) is 1.76. The van der Waals surface area contributed by atoms with Crippen molar-refractivity contribution in [3.8, 4) is 12.1 Å². The molecule has 0 aliphatic carbocycles. The van der Waals surface area contributed by atoms with Gasteiger partial charge in [-0.15, -0.1) is 0 Å². The Balaban J connectivity index is 2.00. The van der Waals surface area contributed by atoms with Crippen LogP contribution in [-0.2, 0) is 9.53 Å². The minimum Gasteiger partial charge on any atom is -0.376 e. The number of benzene rings is 1. The van der Waals surface area contributed by atoms with Crippen LogP contribution in [0.4, 0.5) is 0 Å². The number of hydrogen-bond donors (Lipinski definition) is 1. The van der Waals surface area contributed by atoms with Gasteiger partial charge in [0.2, 0.25) is 0 Å². The van der Waals surface area contributed by atoms with E-state index in [1.807, 2.05) is 12.1 Å². The summed E-state index contributed by atoms with van der Waals surface area (Å²) in [5.41, 5.74) is 1.28. The number of amides is 1. The van der Waals surface area contributed by atoms with Gasteiger partial charge >= 0.3 is 0 Å². The lowest BCUT2D eigenvalue weighted by molar-refractivity contribution is -0.117. The zero-order chi connectivity index (χ0) is 15.1. The first-order valence-corrected chi connectivity index (χ1v) is 6.74. The van der Waals surface area contributed by atoms with E-state index in [4.69, 9.17) is 15.3 Å². The van der Waals surface area contributed by atoms with E-state index in [9.17, 15) is 4.79 Å². The second-order valence-electron chi connectivity index (χ2n) is 4.75. The molecule has 1 fully saturated rings. The van der Waals surface area contributed by atoms with Crippen molar-refractivity contribution in [2.45, 2.75) is 18.9 Å². The zero-order valence-corrected chi connectivity index (χ0v) is 11.5. The molecule has 1 aliphatic heterocycles. The Morgan fingerprint density at radius 3 is 2.71 bits per heavy atom. The summed E-state index contributed by atoms with van der Waals surface area (Å²) in [5.74, 6) is -0.405. The monoisotopic (exact) mass is 281 g/mol. The molecule has 0 saturated carbocycles. The first-order valence-electron chi connectivity index (χ1n) is 6.74. The molecule has 1 heterocycles. The van der Waals surface area contributed by atoms with Crippen molar-refractivity contribution >= 4 is 12.0 Å². The third-order valence-corrected chi connectivity index (χ3v) is 3.23. The summed E-state index contributed by atoms with van der Waals surface area (Å²) in [6, 6.07) is 10.6. The Morgan fingerprint density at radius 2 is 2.14 bits per heavy atom. The SMILES string of the molecule is N#CC(=Cc1ccc(C#N)cc1)C(=O)NCC1CCCO1. The van der Waals surface area contributed by atoms with Gasteiger partial charge in [0.05, 0.1) is 17.7 Å². The Hall–Kier alpha value is -2.63. The van der Waals surface area contributed by atoms with Crippen LogP contribution in [0.3, 0.4) is 0 Å². The summed E-state index contributed by atoms with van der Waals surface area (Å²) in [6.45, 7) is 1.15. The van der Waals surface area contributed by atoms with Crippen LogP contribution in [-0.4, -0.2) is 25.2 Å². The van der Waals surface area contributed by atoms with Crippen LogP contribution < -0.4 is 5.32 Å². The van der Waals surface area contributed by atoms with Gasteiger partial charge in [-0.05, 0) is 36.6 Å². The van der Waals surface area contributed by atoms with Crippen LogP contribution in [0.25, 0.3) is 6.08 Å². The molecule has 1 aromatic rings. The standard InChI is InChI=1S/C16H15N3O2/c17-9-13-5-3-12(4-6-13)8-14(10-18)16(20)19-11-15-2-1-7-21-15/h3-6,8,15H,1-2,7,11H2,(H,19,20). The lowest BCUT2D eigenvalue weighted by Gasteiger charge is -2.10. The summed E-state index contributed by atoms with van der Waals surface area (Å²) >= 11 is 0. The van der Waals surface area contributed by atoms with Crippen LogP contribution in [0.1, 0.15) is 24.0 Å². The molecule has 1 N–H and O–H groups in total. The predicted molar refractivity (Wildman–Crippen MR) is 76.7 cm³/mol. The van der Waals surface area contributed by atoms with E-state index in [1.165, 1.54) is 6.08 Å². The molecular weight excluding hydrogens is 266 g/mol. The van der Waals surface area contributed by atoms with Crippen LogP contribution in [0.5, 0.6) is 0 Å². The van der Waals surface area contributed by atoms with Gasteiger partial charge in [0, 0.05) is 13.2 Å². The number of hydrogen-bond acceptors (Lipinski definition) is 4. The van der Waals surface area contributed by atoms with Crippen LogP contribution in [0.15, 0.2) is 29.8 Å². The van der Waals surface area contributed by atoms with Crippen LogP contribution >= 0.6 is 0 Å². The van der Waals surface area contributed by atoms with Crippen LogP contribution in [0.2, 0.25) is 0 Å². The van der Waals surface area contributed by atoms with Crippen molar-refractivity contribution in [3.05, 3.63) is 41.0 Å². The number of nitrogens with one attached hydrogen (secondary N) is 1. The van der Waals surface area contributed by atoms with Crippen molar-refractivity contribution in [1.82, 2.24) is 5.32 Å². The number of carbonyl (C=O) groups excluding carboxylic acids is 1. The van der Waals surface area contributed by atoms with Gasteiger partial charge in [-0.3, -0.25) is 4.79 Å². The van der Waals surface area contributed by atoms with E-state index < -0.39 is 5.91 Å². The normalized spacial score (nSPS) is 17.8. The van der Waals surface area contributed by atoms with Gasteiger partial charge < -0.3 is 10.1 Å². The second kappa shape index (κ2) is 7.23. The van der Waals surface area contributed by atoms with Gasteiger partial charge in [-0.2, -0.15) is 10.5 Å². The molecule has 0 radical (unpaired) electrons. The zero-order valence-electron chi connectivity index (χ0n) is 11.5. The van der Waals surface area contributed by atoms with Gasteiger partial charge in [0.15, 0.2) is 0 Å². The molecule has 1 aliphatic rings.